The molecule has 0 aliphatic heterocycles. The molecular weight excluding hydrogens is 294 g/mol. The lowest BCUT2D eigenvalue weighted by molar-refractivity contribution is 0.185. The summed E-state index contributed by atoms with van der Waals surface area (Å²) >= 11 is 3.48. The van der Waals surface area contributed by atoms with E-state index in [0.717, 1.165) is 23.5 Å². The number of hydrogen-bond acceptors (Lipinski definition) is 3. The fraction of sp³-hybridized carbons (Fsp3) is 0.846. The average Bonchev–Trinajstić information content (AvgIpc) is 2.78. The molecule has 0 aromatic carbocycles. The molecular formula is C13H24BrN3O. The van der Waals surface area contributed by atoms with Gasteiger partial charge >= 0.3 is 0 Å². The molecule has 4 nitrogen and oxygen atoms in total. The van der Waals surface area contributed by atoms with Crippen molar-refractivity contribution in [2.75, 3.05) is 13.7 Å². The van der Waals surface area contributed by atoms with Crippen molar-refractivity contribution < 1.29 is 4.74 Å². The summed E-state index contributed by atoms with van der Waals surface area (Å²) in [6.45, 7) is 5.99. The summed E-state index contributed by atoms with van der Waals surface area (Å²) < 4.78 is 7.39. The second-order valence-electron chi connectivity index (χ2n) is 4.53. The summed E-state index contributed by atoms with van der Waals surface area (Å²) in [6.07, 6.45) is 4.74. The highest BCUT2D eigenvalue weighted by Gasteiger charge is 2.19. The maximum atomic E-state index is 5.18. The highest BCUT2D eigenvalue weighted by molar-refractivity contribution is 9.08. The molecule has 1 aromatic rings. The fourth-order valence-corrected chi connectivity index (χ4v) is 2.69. The van der Waals surface area contributed by atoms with Crippen LogP contribution in [-0.4, -0.2) is 28.5 Å². The number of methoxy groups -OCH3 is 1. The minimum atomic E-state index is 0.525. The fourth-order valence-electron chi connectivity index (χ4n) is 2.28. The summed E-state index contributed by atoms with van der Waals surface area (Å²) in [5.41, 5.74) is 0. The van der Waals surface area contributed by atoms with Crippen molar-refractivity contribution in [3.8, 4) is 0 Å². The van der Waals surface area contributed by atoms with Crippen molar-refractivity contribution in [1.82, 2.24) is 14.8 Å². The summed E-state index contributed by atoms with van der Waals surface area (Å²) in [5.74, 6) is 2.65. The summed E-state index contributed by atoms with van der Waals surface area (Å²) in [5, 5.41) is 9.43. The molecule has 5 heteroatoms. The SMILES string of the molecule is CCCC(CCC)c1nnc(CBr)n1CCOC. The Kier molecular flexibility index (Phi) is 7.51. The number of alkyl halides is 1. The van der Waals surface area contributed by atoms with Crippen LogP contribution in [0.5, 0.6) is 0 Å². The molecule has 1 rings (SSSR count). The molecule has 0 radical (unpaired) electrons. The first kappa shape index (κ1) is 15.6. The quantitative estimate of drug-likeness (QED) is 0.654. The monoisotopic (exact) mass is 317 g/mol. The van der Waals surface area contributed by atoms with Crippen LogP contribution in [0, 0.1) is 0 Å². The predicted octanol–water partition coefficient (Wildman–Crippen LogP) is 3.50. The summed E-state index contributed by atoms with van der Waals surface area (Å²) in [7, 11) is 1.73. The van der Waals surface area contributed by atoms with Crippen molar-refractivity contribution in [3.05, 3.63) is 11.6 Å². The van der Waals surface area contributed by atoms with Gasteiger partial charge in [0.2, 0.25) is 0 Å². The third kappa shape index (κ3) is 4.05. The lowest BCUT2D eigenvalue weighted by atomic mass is 9.97. The van der Waals surface area contributed by atoms with Gasteiger partial charge in [-0.25, -0.2) is 0 Å². The Balaban J connectivity index is 2.92. The maximum Gasteiger partial charge on any atom is 0.143 e. The van der Waals surface area contributed by atoms with Crippen LogP contribution >= 0.6 is 15.9 Å². The van der Waals surface area contributed by atoms with Crippen LogP contribution in [0.1, 0.15) is 57.1 Å². The molecule has 0 bridgehead atoms. The molecule has 0 atom stereocenters. The van der Waals surface area contributed by atoms with Crippen LogP contribution < -0.4 is 0 Å². The second kappa shape index (κ2) is 8.64. The van der Waals surface area contributed by atoms with Crippen molar-refractivity contribution >= 4 is 15.9 Å². The van der Waals surface area contributed by atoms with E-state index in [1.165, 1.54) is 25.7 Å². The van der Waals surface area contributed by atoms with E-state index in [4.69, 9.17) is 4.74 Å². The normalized spacial score (nSPS) is 11.4. The predicted molar refractivity (Wildman–Crippen MR) is 77.1 cm³/mol. The molecule has 0 N–H and O–H groups in total. The van der Waals surface area contributed by atoms with E-state index in [1.807, 2.05) is 0 Å². The first-order chi connectivity index (χ1) is 8.78. The Morgan fingerprint density at radius 3 is 2.39 bits per heavy atom. The highest BCUT2D eigenvalue weighted by atomic mass is 79.9. The molecule has 0 fully saturated rings. The van der Waals surface area contributed by atoms with Gasteiger partial charge in [-0.15, -0.1) is 10.2 Å². The Morgan fingerprint density at radius 2 is 1.89 bits per heavy atom. The Bertz CT molecular complexity index is 335. The van der Waals surface area contributed by atoms with E-state index in [-0.39, 0.29) is 0 Å². The Hall–Kier alpha value is -0.420. The van der Waals surface area contributed by atoms with E-state index in [2.05, 4.69) is 44.5 Å². The zero-order chi connectivity index (χ0) is 13.4. The van der Waals surface area contributed by atoms with Gasteiger partial charge in [0.05, 0.1) is 11.9 Å². The van der Waals surface area contributed by atoms with E-state index < -0.39 is 0 Å². The maximum absolute atomic E-state index is 5.18. The van der Waals surface area contributed by atoms with Gasteiger partial charge in [0.15, 0.2) is 0 Å². The number of aromatic nitrogens is 3. The minimum absolute atomic E-state index is 0.525. The van der Waals surface area contributed by atoms with Gasteiger partial charge < -0.3 is 9.30 Å². The van der Waals surface area contributed by atoms with Crippen molar-refractivity contribution in [2.24, 2.45) is 0 Å². The van der Waals surface area contributed by atoms with Gasteiger partial charge in [-0.2, -0.15) is 0 Å². The number of rotatable bonds is 9. The number of hydrogen-bond donors (Lipinski definition) is 0. The van der Waals surface area contributed by atoms with Gasteiger partial charge in [-0.05, 0) is 12.8 Å². The molecule has 0 amide bonds. The minimum Gasteiger partial charge on any atom is -0.383 e. The molecule has 0 unspecified atom stereocenters. The molecule has 0 aliphatic carbocycles. The summed E-state index contributed by atoms with van der Waals surface area (Å²) in [4.78, 5) is 0. The number of nitrogens with zero attached hydrogens (tertiary/aromatic N) is 3. The smallest absolute Gasteiger partial charge is 0.143 e. The van der Waals surface area contributed by atoms with Gasteiger partial charge in [-0.1, -0.05) is 42.6 Å². The van der Waals surface area contributed by atoms with E-state index in [1.54, 1.807) is 7.11 Å². The molecule has 18 heavy (non-hydrogen) atoms. The zero-order valence-corrected chi connectivity index (χ0v) is 13.2. The lowest BCUT2D eigenvalue weighted by Gasteiger charge is -2.17. The van der Waals surface area contributed by atoms with Gasteiger partial charge in [0, 0.05) is 19.6 Å². The van der Waals surface area contributed by atoms with Crippen LogP contribution in [0.3, 0.4) is 0 Å². The van der Waals surface area contributed by atoms with Crippen molar-refractivity contribution in [2.45, 2.75) is 57.3 Å². The van der Waals surface area contributed by atoms with Gasteiger partial charge in [-0.3, -0.25) is 0 Å². The Labute approximate surface area is 118 Å². The molecule has 1 heterocycles. The van der Waals surface area contributed by atoms with E-state index in [0.29, 0.717) is 12.5 Å². The third-order valence-electron chi connectivity index (χ3n) is 3.13. The van der Waals surface area contributed by atoms with E-state index >= 15 is 0 Å². The molecule has 1 aromatic heterocycles. The average molecular weight is 318 g/mol. The van der Waals surface area contributed by atoms with Crippen LogP contribution in [0.25, 0.3) is 0 Å². The van der Waals surface area contributed by atoms with Crippen molar-refractivity contribution in [1.29, 1.82) is 0 Å². The second-order valence-corrected chi connectivity index (χ2v) is 5.09. The highest BCUT2D eigenvalue weighted by Crippen LogP contribution is 2.25. The first-order valence-corrected chi connectivity index (χ1v) is 7.87. The molecule has 0 aliphatic rings. The summed E-state index contributed by atoms with van der Waals surface area (Å²) in [6, 6.07) is 0. The molecule has 0 saturated carbocycles. The van der Waals surface area contributed by atoms with E-state index in [9.17, 15) is 0 Å². The molecule has 0 spiro atoms. The van der Waals surface area contributed by atoms with Gasteiger partial charge in [0.25, 0.3) is 0 Å². The number of ether oxygens (including phenoxy) is 1. The van der Waals surface area contributed by atoms with Crippen LogP contribution in [0.2, 0.25) is 0 Å². The lowest BCUT2D eigenvalue weighted by Crippen LogP contribution is -2.14. The zero-order valence-electron chi connectivity index (χ0n) is 11.7. The third-order valence-corrected chi connectivity index (χ3v) is 3.64. The standard InChI is InChI=1S/C13H24BrN3O/c1-4-6-11(7-5-2)13-16-15-12(10-14)17(13)8-9-18-3/h11H,4-10H2,1-3H3. The molecule has 104 valence electrons. The molecule has 0 saturated heterocycles. The first-order valence-electron chi connectivity index (χ1n) is 6.75. The van der Waals surface area contributed by atoms with Crippen molar-refractivity contribution in [3.63, 3.8) is 0 Å². The number of halogens is 1. The topological polar surface area (TPSA) is 39.9 Å². The van der Waals surface area contributed by atoms with Gasteiger partial charge in [0.1, 0.15) is 11.6 Å². The van der Waals surface area contributed by atoms with Crippen LogP contribution in [-0.2, 0) is 16.6 Å². The van der Waals surface area contributed by atoms with Crippen LogP contribution in [0.4, 0.5) is 0 Å². The largest absolute Gasteiger partial charge is 0.383 e. The van der Waals surface area contributed by atoms with Crippen LogP contribution in [0.15, 0.2) is 0 Å². The Morgan fingerprint density at radius 1 is 1.22 bits per heavy atom.